The third kappa shape index (κ3) is 1.53. The molecule has 5 heteroatoms. The van der Waals surface area contributed by atoms with Crippen molar-refractivity contribution in [2.75, 3.05) is 0 Å². The van der Waals surface area contributed by atoms with Gasteiger partial charge in [-0.2, -0.15) is 10.4 Å². The van der Waals surface area contributed by atoms with Crippen molar-refractivity contribution in [1.29, 1.82) is 5.26 Å². The first kappa shape index (κ1) is 9.93. The first-order chi connectivity index (χ1) is 7.74. The second-order valence-electron chi connectivity index (χ2n) is 3.07. The number of para-hydroxylation sites is 1. The van der Waals surface area contributed by atoms with Crippen molar-refractivity contribution in [1.82, 2.24) is 9.78 Å². The Morgan fingerprint density at radius 1 is 1.38 bits per heavy atom. The molecule has 1 heterocycles. The van der Waals surface area contributed by atoms with Crippen LogP contribution in [0.3, 0.4) is 0 Å². The van der Waals surface area contributed by atoms with Gasteiger partial charge in [0.1, 0.15) is 11.6 Å². The molecule has 0 aliphatic carbocycles. The lowest BCUT2D eigenvalue weighted by Gasteiger charge is -2.01. The molecule has 0 saturated heterocycles. The van der Waals surface area contributed by atoms with Crippen LogP contribution < -0.4 is 0 Å². The van der Waals surface area contributed by atoms with Gasteiger partial charge in [-0.15, -0.1) is 0 Å². The normalized spacial score (nSPS) is 9.69. The zero-order chi connectivity index (χ0) is 11.5. The SMILES string of the molecule is N#Cc1c(C(=O)O)cnn1-c1ccccc1. The van der Waals surface area contributed by atoms with E-state index in [-0.39, 0.29) is 11.3 Å². The van der Waals surface area contributed by atoms with Crippen molar-refractivity contribution < 1.29 is 9.90 Å². The van der Waals surface area contributed by atoms with Crippen LogP contribution in [-0.2, 0) is 0 Å². The summed E-state index contributed by atoms with van der Waals surface area (Å²) in [6, 6.07) is 10.8. The smallest absolute Gasteiger partial charge is 0.340 e. The van der Waals surface area contributed by atoms with Crippen LogP contribution in [0, 0.1) is 11.3 Å². The lowest BCUT2D eigenvalue weighted by molar-refractivity contribution is 0.0696. The third-order valence-electron chi connectivity index (χ3n) is 2.11. The highest BCUT2D eigenvalue weighted by molar-refractivity contribution is 5.89. The number of carbonyl (C=O) groups is 1. The van der Waals surface area contributed by atoms with Crippen molar-refractivity contribution in [2.45, 2.75) is 0 Å². The number of rotatable bonds is 2. The quantitative estimate of drug-likeness (QED) is 0.818. The number of aromatic nitrogens is 2. The van der Waals surface area contributed by atoms with Crippen LogP contribution in [0.25, 0.3) is 5.69 Å². The highest BCUT2D eigenvalue weighted by Crippen LogP contribution is 2.13. The van der Waals surface area contributed by atoms with E-state index < -0.39 is 5.97 Å². The highest BCUT2D eigenvalue weighted by atomic mass is 16.4. The minimum Gasteiger partial charge on any atom is -0.478 e. The van der Waals surface area contributed by atoms with E-state index in [0.29, 0.717) is 5.69 Å². The molecule has 0 atom stereocenters. The summed E-state index contributed by atoms with van der Waals surface area (Å²) in [7, 11) is 0. The maximum atomic E-state index is 10.8. The average Bonchev–Trinajstić information content (AvgIpc) is 2.73. The number of aromatic carboxylic acids is 1. The molecular weight excluding hydrogens is 206 g/mol. The van der Waals surface area contributed by atoms with E-state index in [1.807, 2.05) is 12.1 Å². The fourth-order valence-electron chi connectivity index (χ4n) is 1.38. The van der Waals surface area contributed by atoms with Crippen molar-refractivity contribution in [2.24, 2.45) is 0 Å². The Balaban J connectivity index is 2.60. The summed E-state index contributed by atoms with van der Waals surface area (Å²) in [4.78, 5) is 10.8. The van der Waals surface area contributed by atoms with Gasteiger partial charge >= 0.3 is 5.97 Å². The van der Waals surface area contributed by atoms with Crippen LogP contribution in [0.4, 0.5) is 0 Å². The molecule has 1 aromatic heterocycles. The molecule has 5 nitrogen and oxygen atoms in total. The standard InChI is InChI=1S/C11H7N3O2/c12-6-10-9(11(15)16)7-13-14(10)8-4-2-1-3-5-8/h1-5,7H,(H,15,16). The summed E-state index contributed by atoms with van der Waals surface area (Å²) in [5.41, 5.74) is 0.594. The van der Waals surface area contributed by atoms with Gasteiger partial charge in [0, 0.05) is 0 Å². The van der Waals surface area contributed by atoms with Gasteiger partial charge in [-0.25, -0.2) is 9.48 Å². The molecule has 0 aliphatic heterocycles. The number of nitrogens with zero attached hydrogens (tertiary/aromatic N) is 3. The Morgan fingerprint density at radius 2 is 2.06 bits per heavy atom. The fraction of sp³-hybridized carbons (Fsp3) is 0. The minimum atomic E-state index is -1.15. The molecule has 78 valence electrons. The van der Waals surface area contributed by atoms with Crippen molar-refractivity contribution >= 4 is 5.97 Å². The molecule has 0 bridgehead atoms. The molecule has 0 amide bonds. The second kappa shape index (κ2) is 3.87. The van der Waals surface area contributed by atoms with Crippen LogP contribution in [0.5, 0.6) is 0 Å². The van der Waals surface area contributed by atoms with Crippen LogP contribution in [0.2, 0.25) is 0 Å². The van der Waals surface area contributed by atoms with Gasteiger partial charge in [0.05, 0.1) is 11.9 Å². The molecule has 0 saturated carbocycles. The molecule has 1 N–H and O–H groups in total. The molecule has 2 rings (SSSR count). The van der Waals surface area contributed by atoms with Gasteiger partial charge in [-0.1, -0.05) is 18.2 Å². The summed E-state index contributed by atoms with van der Waals surface area (Å²) in [6.07, 6.45) is 1.17. The number of nitriles is 1. The maximum absolute atomic E-state index is 10.8. The lowest BCUT2D eigenvalue weighted by atomic mass is 10.2. The Kier molecular flexibility index (Phi) is 2.40. The van der Waals surface area contributed by atoms with E-state index >= 15 is 0 Å². The lowest BCUT2D eigenvalue weighted by Crippen LogP contribution is -2.03. The molecular formula is C11H7N3O2. The van der Waals surface area contributed by atoms with Gasteiger partial charge in [0.25, 0.3) is 0 Å². The fourth-order valence-corrected chi connectivity index (χ4v) is 1.38. The van der Waals surface area contributed by atoms with Crippen molar-refractivity contribution in [3.8, 4) is 11.8 Å². The Labute approximate surface area is 91.2 Å². The predicted molar refractivity (Wildman–Crippen MR) is 55.2 cm³/mol. The maximum Gasteiger partial charge on any atom is 0.340 e. The third-order valence-corrected chi connectivity index (χ3v) is 2.11. The topological polar surface area (TPSA) is 78.9 Å². The van der Waals surface area contributed by atoms with Gasteiger partial charge < -0.3 is 5.11 Å². The molecule has 1 aromatic carbocycles. The molecule has 0 fully saturated rings. The molecule has 0 radical (unpaired) electrons. The number of carboxylic acid groups (broad SMARTS) is 1. The summed E-state index contributed by atoms with van der Waals surface area (Å²) in [5.74, 6) is -1.15. The van der Waals surface area contributed by atoms with E-state index in [1.54, 1.807) is 24.3 Å². The van der Waals surface area contributed by atoms with Crippen LogP contribution in [0.15, 0.2) is 36.5 Å². The van der Waals surface area contributed by atoms with E-state index in [9.17, 15) is 4.79 Å². The monoisotopic (exact) mass is 213 g/mol. The highest BCUT2D eigenvalue weighted by Gasteiger charge is 2.16. The van der Waals surface area contributed by atoms with Gasteiger partial charge in [0.15, 0.2) is 5.69 Å². The van der Waals surface area contributed by atoms with E-state index in [0.717, 1.165) is 0 Å². The predicted octanol–water partition coefficient (Wildman–Crippen LogP) is 1.44. The number of carboxylic acids is 1. The second-order valence-corrected chi connectivity index (χ2v) is 3.07. The zero-order valence-corrected chi connectivity index (χ0v) is 8.16. The Hall–Kier alpha value is -2.61. The van der Waals surface area contributed by atoms with Gasteiger partial charge in [-0.05, 0) is 12.1 Å². The number of hydrogen-bond donors (Lipinski definition) is 1. The Morgan fingerprint density at radius 3 is 2.62 bits per heavy atom. The van der Waals surface area contributed by atoms with Gasteiger partial charge in [-0.3, -0.25) is 0 Å². The molecule has 0 unspecified atom stereocenters. The minimum absolute atomic E-state index is 0.0266. The van der Waals surface area contributed by atoms with E-state index in [1.165, 1.54) is 10.9 Å². The Bertz CT molecular complexity index is 567. The van der Waals surface area contributed by atoms with E-state index in [2.05, 4.69) is 5.10 Å². The van der Waals surface area contributed by atoms with Crippen molar-refractivity contribution in [3.05, 3.63) is 47.8 Å². The van der Waals surface area contributed by atoms with Crippen LogP contribution >= 0.6 is 0 Å². The van der Waals surface area contributed by atoms with Crippen LogP contribution in [-0.4, -0.2) is 20.9 Å². The number of benzene rings is 1. The van der Waals surface area contributed by atoms with Gasteiger partial charge in [0.2, 0.25) is 0 Å². The van der Waals surface area contributed by atoms with Crippen LogP contribution in [0.1, 0.15) is 16.1 Å². The van der Waals surface area contributed by atoms with E-state index in [4.69, 9.17) is 10.4 Å². The molecule has 2 aromatic rings. The first-order valence-corrected chi connectivity index (χ1v) is 4.51. The zero-order valence-electron chi connectivity index (χ0n) is 8.16. The molecule has 0 spiro atoms. The number of hydrogen-bond acceptors (Lipinski definition) is 3. The average molecular weight is 213 g/mol. The summed E-state index contributed by atoms with van der Waals surface area (Å²) >= 11 is 0. The summed E-state index contributed by atoms with van der Waals surface area (Å²) in [6.45, 7) is 0. The first-order valence-electron chi connectivity index (χ1n) is 4.51. The molecule has 16 heavy (non-hydrogen) atoms. The van der Waals surface area contributed by atoms with Crippen molar-refractivity contribution in [3.63, 3.8) is 0 Å². The summed E-state index contributed by atoms with van der Waals surface area (Å²) < 4.78 is 1.31. The largest absolute Gasteiger partial charge is 0.478 e. The molecule has 0 aliphatic rings. The summed E-state index contributed by atoms with van der Waals surface area (Å²) in [5, 5.41) is 21.7.